The molecule has 1 aromatic heterocycles. The highest BCUT2D eigenvalue weighted by Crippen LogP contribution is 2.33. The van der Waals surface area contributed by atoms with E-state index in [2.05, 4.69) is 5.32 Å². The topological polar surface area (TPSA) is 80.9 Å². The van der Waals surface area contributed by atoms with Gasteiger partial charge in [0.2, 0.25) is 0 Å². The lowest BCUT2D eigenvalue weighted by atomic mass is 10.1. The molecule has 3 aromatic rings. The van der Waals surface area contributed by atoms with E-state index in [9.17, 15) is 9.18 Å². The molecule has 0 radical (unpaired) electrons. The Balaban J connectivity index is 1.72. The molecule has 0 saturated carbocycles. The van der Waals surface area contributed by atoms with Gasteiger partial charge in [-0.3, -0.25) is 4.79 Å². The molecule has 0 aliphatic heterocycles. The molecule has 3 rings (SSSR count). The molecule has 1 heterocycles. The van der Waals surface area contributed by atoms with Gasteiger partial charge in [-0.15, -0.1) is 0 Å². The molecule has 7 heteroatoms. The van der Waals surface area contributed by atoms with Crippen molar-refractivity contribution in [1.82, 2.24) is 0 Å². The molecule has 0 bridgehead atoms. The first kappa shape index (κ1) is 18.5. The number of anilines is 1. The fourth-order valence-corrected chi connectivity index (χ4v) is 2.49. The molecule has 27 heavy (non-hydrogen) atoms. The number of ether oxygens (including phenoxy) is 2. The van der Waals surface area contributed by atoms with E-state index in [0.29, 0.717) is 28.5 Å². The van der Waals surface area contributed by atoms with Gasteiger partial charge in [-0.2, -0.15) is 0 Å². The Morgan fingerprint density at radius 3 is 2.67 bits per heavy atom. The number of nitrogens with one attached hydrogen (secondary N) is 1. The molecule has 2 N–H and O–H groups in total. The third-order valence-electron chi connectivity index (χ3n) is 3.76. The van der Waals surface area contributed by atoms with Gasteiger partial charge < -0.3 is 24.3 Å². The largest absolute Gasteiger partial charge is 0.496 e. The summed E-state index contributed by atoms with van der Waals surface area (Å²) in [7, 11) is 1.52. The zero-order chi connectivity index (χ0) is 19.2. The number of hydrogen-bond donors (Lipinski definition) is 2. The molecule has 1 amide bonds. The third-order valence-corrected chi connectivity index (χ3v) is 3.76. The van der Waals surface area contributed by atoms with Crippen molar-refractivity contribution in [3.8, 4) is 22.8 Å². The number of carbonyl (C=O) groups excluding carboxylic acids is 1. The molecule has 2 aromatic carbocycles. The number of methoxy groups -OCH3 is 1. The maximum Gasteiger partial charge on any atom is 0.262 e. The lowest BCUT2D eigenvalue weighted by Crippen LogP contribution is -2.20. The van der Waals surface area contributed by atoms with Crippen molar-refractivity contribution in [2.75, 3.05) is 19.0 Å². The monoisotopic (exact) mass is 371 g/mol. The summed E-state index contributed by atoms with van der Waals surface area (Å²) in [6.45, 7) is -0.552. The quantitative estimate of drug-likeness (QED) is 0.663. The van der Waals surface area contributed by atoms with Crippen LogP contribution in [-0.4, -0.2) is 24.7 Å². The fourth-order valence-electron chi connectivity index (χ4n) is 2.49. The fraction of sp³-hybridized carbons (Fsp3) is 0.150. The lowest BCUT2D eigenvalue weighted by Gasteiger charge is -2.11. The number of halogens is 1. The number of carbonyl (C=O) groups is 1. The second kappa shape index (κ2) is 8.37. The average Bonchev–Trinajstić information content (AvgIpc) is 3.16. The number of furan rings is 1. The van der Waals surface area contributed by atoms with E-state index in [1.807, 2.05) is 0 Å². The summed E-state index contributed by atoms with van der Waals surface area (Å²) >= 11 is 0. The number of aliphatic hydroxyl groups excluding tert-OH is 1. The summed E-state index contributed by atoms with van der Waals surface area (Å²) in [6.07, 6.45) is 0. The summed E-state index contributed by atoms with van der Waals surface area (Å²) in [6, 6.07) is 14.3. The van der Waals surface area contributed by atoms with Gasteiger partial charge in [-0.25, -0.2) is 4.39 Å². The Morgan fingerprint density at radius 1 is 1.15 bits per heavy atom. The Hall–Kier alpha value is -3.32. The van der Waals surface area contributed by atoms with Crippen molar-refractivity contribution in [3.05, 3.63) is 66.2 Å². The first-order chi connectivity index (χ1) is 13.1. The second-order valence-electron chi connectivity index (χ2n) is 5.61. The first-order valence-electron chi connectivity index (χ1n) is 8.16. The van der Waals surface area contributed by atoms with Gasteiger partial charge in [0.15, 0.2) is 18.2 Å². The van der Waals surface area contributed by atoms with Crippen molar-refractivity contribution in [2.45, 2.75) is 6.61 Å². The first-order valence-corrected chi connectivity index (χ1v) is 8.16. The Bertz CT molecular complexity index is 938. The molecule has 0 aliphatic rings. The van der Waals surface area contributed by atoms with Crippen LogP contribution in [0.1, 0.15) is 5.76 Å². The molecular weight excluding hydrogens is 353 g/mol. The van der Waals surface area contributed by atoms with Gasteiger partial charge >= 0.3 is 0 Å². The molecule has 0 fully saturated rings. The van der Waals surface area contributed by atoms with Gasteiger partial charge in [0.25, 0.3) is 5.91 Å². The van der Waals surface area contributed by atoms with E-state index < -0.39 is 11.7 Å². The summed E-state index contributed by atoms with van der Waals surface area (Å²) in [4.78, 5) is 12.1. The van der Waals surface area contributed by atoms with E-state index in [1.54, 1.807) is 36.4 Å². The standard InChI is InChI=1S/C20H18FNO5/c1-25-17-8-6-13(10-15(17)18-9-7-14(11-23)27-18)22-20(24)12-26-19-5-3-2-4-16(19)21/h2-10,23H,11-12H2,1H3,(H,22,24). The molecular formula is C20H18FNO5. The van der Waals surface area contributed by atoms with Crippen LogP contribution in [0.25, 0.3) is 11.3 Å². The van der Waals surface area contributed by atoms with Crippen LogP contribution in [0.15, 0.2) is 59.0 Å². The van der Waals surface area contributed by atoms with Gasteiger partial charge in [0, 0.05) is 5.69 Å². The molecule has 140 valence electrons. The average molecular weight is 371 g/mol. The molecule has 0 aliphatic carbocycles. The van der Waals surface area contributed by atoms with E-state index >= 15 is 0 Å². The smallest absolute Gasteiger partial charge is 0.262 e. The van der Waals surface area contributed by atoms with Crippen LogP contribution in [0, 0.1) is 5.82 Å². The van der Waals surface area contributed by atoms with Gasteiger partial charge in [-0.1, -0.05) is 12.1 Å². The van der Waals surface area contributed by atoms with Crippen LogP contribution in [0.3, 0.4) is 0 Å². The Labute approximate surface area is 155 Å². The van der Waals surface area contributed by atoms with Crippen molar-refractivity contribution in [1.29, 1.82) is 0 Å². The van der Waals surface area contributed by atoms with E-state index in [1.165, 1.54) is 25.3 Å². The number of aliphatic hydroxyl groups is 1. The number of para-hydroxylation sites is 1. The number of benzene rings is 2. The van der Waals surface area contributed by atoms with Crippen LogP contribution >= 0.6 is 0 Å². The lowest BCUT2D eigenvalue weighted by molar-refractivity contribution is -0.118. The number of amides is 1. The highest BCUT2D eigenvalue weighted by Gasteiger charge is 2.13. The van der Waals surface area contributed by atoms with E-state index in [-0.39, 0.29) is 19.0 Å². The zero-order valence-corrected chi connectivity index (χ0v) is 14.6. The maximum absolute atomic E-state index is 13.5. The minimum absolute atomic E-state index is 0.00943. The summed E-state index contributed by atoms with van der Waals surface area (Å²) < 4.78 is 29.6. The van der Waals surface area contributed by atoms with Crippen molar-refractivity contribution < 1.29 is 28.2 Å². The van der Waals surface area contributed by atoms with E-state index in [0.717, 1.165) is 0 Å². The highest BCUT2D eigenvalue weighted by molar-refractivity contribution is 5.92. The van der Waals surface area contributed by atoms with Crippen LogP contribution in [0.4, 0.5) is 10.1 Å². The van der Waals surface area contributed by atoms with Crippen LogP contribution < -0.4 is 14.8 Å². The zero-order valence-electron chi connectivity index (χ0n) is 14.6. The predicted octanol–water partition coefficient (Wildman–Crippen LogP) is 3.60. The Kier molecular flexibility index (Phi) is 5.73. The third kappa shape index (κ3) is 4.45. The molecule has 0 saturated heterocycles. The summed E-state index contributed by atoms with van der Waals surface area (Å²) in [5, 5.41) is 11.8. The maximum atomic E-state index is 13.5. The summed E-state index contributed by atoms with van der Waals surface area (Å²) in [5.74, 6) is 0.499. The number of hydrogen-bond acceptors (Lipinski definition) is 5. The predicted molar refractivity (Wildman–Crippen MR) is 97.1 cm³/mol. The second-order valence-corrected chi connectivity index (χ2v) is 5.61. The van der Waals surface area contributed by atoms with Crippen molar-refractivity contribution in [3.63, 3.8) is 0 Å². The van der Waals surface area contributed by atoms with E-state index in [4.69, 9.17) is 19.0 Å². The van der Waals surface area contributed by atoms with Gasteiger partial charge in [0.05, 0.1) is 12.7 Å². The van der Waals surface area contributed by atoms with Crippen molar-refractivity contribution >= 4 is 11.6 Å². The SMILES string of the molecule is COc1ccc(NC(=O)COc2ccccc2F)cc1-c1ccc(CO)o1. The molecule has 6 nitrogen and oxygen atoms in total. The van der Waals surface area contributed by atoms with Gasteiger partial charge in [0.1, 0.15) is 23.9 Å². The molecule has 0 atom stereocenters. The Morgan fingerprint density at radius 2 is 1.96 bits per heavy atom. The van der Waals surface area contributed by atoms with Crippen molar-refractivity contribution in [2.24, 2.45) is 0 Å². The minimum Gasteiger partial charge on any atom is -0.496 e. The van der Waals surface area contributed by atoms with Crippen LogP contribution in [-0.2, 0) is 11.4 Å². The number of rotatable bonds is 7. The van der Waals surface area contributed by atoms with Crippen LogP contribution in [0.5, 0.6) is 11.5 Å². The van der Waals surface area contributed by atoms with Gasteiger partial charge in [-0.05, 0) is 42.5 Å². The molecule has 0 unspecified atom stereocenters. The molecule has 0 spiro atoms. The normalized spacial score (nSPS) is 10.5. The van der Waals surface area contributed by atoms with Crippen LogP contribution in [0.2, 0.25) is 0 Å². The summed E-state index contributed by atoms with van der Waals surface area (Å²) in [5.41, 5.74) is 1.11. The highest BCUT2D eigenvalue weighted by atomic mass is 19.1. The minimum atomic E-state index is -0.533.